The summed E-state index contributed by atoms with van der Waals surface area (Å²) in [5, 5.41) is 9.32. The highest BCUT2D eigenvalue weighted by Gasteiger charge is 2.23. The van der Waals surface area contributed by atoms with Crippen molar-refractivity contribution in [3.8, 4) is 6.07 Å². The van der Waals surface area contributed by atoms with E-state index in [1.165, 1.54) is 23.5 Å². The van der Waals surface area contributed by atoms with Gasteiger partial charge in [0.25, 0.3) is 10.0 Å². The predicted octanol–water partition coefficient (Wildman–Crippen LogP) is 3.09. The van der Waals surface area contributed by atoms with E-state index in [2.05, 4.69) is 0 Å². The quantitative estimate of drug-likeness (QED) is 0.867. The minimum atomic E-state index is -3.58. The van der Waals surface area contributed by atoms with Gasteiger partial charge in [0.15, 0.2) is 0 Å². The normalized spacial score (nSPS) is 11.5. The highest BCUT2D eigenvalue weighted by atomic mass is 35.5. The summed E-state index contributed by atoms with van der Waals surface area (Å²) in [7, 11) is -2.08. The Bertz CT molecular complexity index is 763. The van der Waals surface area contributed by atoms with Crippen molar-refractivity contribution >= 4 is 33.0 Å². The minimum Gasteiger partial charge on any atom is -0.206 e. The minimum absolute atomic E-state index is 0.165. The fourth-order valence-electron chi connectivity index (χ4n) is 1.65. The van der Waals surface area contributed by atoms with Gasteiger partial charge in [-0.2, -0.15) is 9.57 Å². The lowest BCUT2D eigenvalue weighted by Gasteiger charge is -2.16. The summed E-state index contributed by atoms with van der Waals surface area (Å²) in [5.74, 6) is 0. The summed E-state index contributed by atoms with van der Waals surface area (Å²) >= 11 is 6.84. The van der Waals surface area contributed by atoms with Crippen LogP contribution in [-0.4, -0.2) is 19.8 Å². The molecule has 0 bridgehead atoms. The third-order valence-electron chi connectivity index (χ3n) is 2.65. The molecule has 0 N–H and O–H groups in total. The van der Waals surface area contributed by atoms with Crippen LogP contribution in [0.2, 0.25) is 5.02 Å². The number of hydrogen-bond donors (Lipinski definition) is 0. The number of benzene rings is 1. The van der Waals surface area contributed by atoms with Gasteiger partial charge < -0.3 is 0 Å². The molecule has 7 heteroatoms. The summed E-state index contributed by atoms with van der Waals surface area (Å²) in [4.78, 5) is 0.375. The Morgan fingerprint density at radius 3 is 2.70 bits per heavy atom. The molecule has 0 saturated heterocycles. The second-order valence-corrected chi connectivity index (χ2v) is 7.91. The fraction of sp³-hybridized carbons (Fsp3) is 0.154. The molecule has 1 aromatic heterocycles. The molecule has 0 spiro atoms. The van der Waals surface area contributed by atoms with Crippen LogP contribution in [0, 0.1) is 11.3 Å². The lowest BCUT2D eigenvalue weighted by atomic mass is 10.2. The van der Waals surface area contributed by atoms with Crippen molar-refractivity contribution in [2.24, 2.45) is 0 Å². The van der Waals surface area contributed by atoms with Gasteiger partial charge in [0, 0.05) is 18.6 Å². The van der Waals surface area contributed by atoms with Gasteiger partial charge in [-0.15, -0.1) is 11.3 Å². The molecular weight excluding hydrogens is 316 g/mol. The van der Waals surface area contributed by atoms with Crippen LogP contribution >= 0.6 is 22.9 Å². The first-order chi connectivity index (χ1) is 9.43. The average molecular weight is 327 g/mol. The van der Waals surface area contributed by atoms with Gasteiger partial charge in [-0.25, -0.2) is 8.42 Å². The summed E-state index contributed by atoms with van der Waals surface area (Å²) in [6.45, 7) is 0.225. The third-order valence-corrected chi connectivity index (χ3v) is 6.15. The number of sulfonamides is 1. The monoisotopic (exact) mass is 326 g/mol. The van der Waals surface area contributed by atoms with E-state index in [0.29, 0.717) is 9.90 Å². The summed E-state index contributed by atoms with van der Waals surface area (Å²) in [5.41, 5.74) is 0.806. The Morgan fingerprint density at radius 1 is 1.35 bits per heavy atom. The molecule has 2 rings (SSSR count). The SMILES string of the molecule is CN(Cc1cccc(Cl)c1)S(=O)(=O)c1ccc(C#N)s1. The molecule has 20 heavy (non-hydrogen) atoms. The molecule has 4 nitrogen and oxygen atoms in total. The van der Waals surface area contributed by atoms with E-state index in [1.807, 2.05) is 12.1 Å². The summed E-state index contributed by atoms with van der Waals surface area (Å²) < 4.78 is 26.1. The van der Waals surface area contributed by atoms with Crippen molar-refractivity contribution in [2.75, 3.05) is 7.05 Å². The van der Waals surface area contributed by atoms with Crippen LogP contribution in [0.25, 0.3) is 0 Å². The molecule has 1 aromatic carbocycles. The van der Waals surface area contributed by atoms with E-state index in [9.17, 15) is 8.42 Å². The molecule has 104 valence electrons. The zero-order chi connectivity index (χ0) is 14.8. The predicted molar refractivity (Wildman–Crippen MR) is 79.1 cm³/mol. The van der Waals surface area contributed by atoms with Gasteiger partial charge in [0.1, 0.15) is 15.2 Å². The van der Waals surface area contributed by atoms with Crippen LogP contribution in [0.15, 0.2) is 40.6 Å². The molecule has 0 radical (unpaired) electrons. The van der Waals surface area contributed by atoms with Gasteiger partial charge >= 0.3 is 0 Å². The topological polar surface area (TPSA) is 61.2 Å². The highest BCUT2D eigenvalue weighted by Crippen LogP contribution is 2.25. The van der Waals surface area contributed by atoms with Crippen molar-refractivity contribution < 1.29 is 8.42 Å². The number of hydrogen-bond acceptors (Lipinski definition) is 4. The van der Waals surface area contributed by atoms with E-state index in [0.717, 1.165) is 16.9 Å². The van der Waals surface area contributed by atoms with Crippen molar-refractivity contribution in [3.63, 3.8) is 0 Å². The molecule has 0 fully saturated rings. The standard InChI is InChI=1S/C13H11ClN2O2S2/c1-16(9-10-3-2-4-11(14)7-10)20(17,18)13-6-5-12(8-15)19-13/h2-7H,9H2,1H3. The molecule has 0 aliphatic heterocycles. The fourth-order valence-corrected chi connectivity index (χ4v) is 4.34. The molecule has 0 aliphatic carbocycles. The van der Waals surface area contributed by atoms with E-state index in [-0.39, 0.29) is 10.8 Å². The van der Waals surface area contributed by atoms with Crippen LogP contribution in [0.3, 0.4) is 0 Å². The maximum Gasteiger partial charge on any atom is 0.252 e. The summed E-state index contributed by atoms with van der Waals surface area (Å²) in [6.07, 6.45) is 0. The Labute approximate surface area is 126 Å². The first-order valence-corrected chi connectivity index (χ1v) is 8.27. The van der Waals surface area contributed by atoms with Crippen LogP contribution in [0.1, 0.15) is 10.4 Å². The van der Waals surface area contributed by atoms with Crippen LogP contribution < -0.4 is 0 Å². The second-order valence-electron chi connectivity index (χ2n) is 4.12. The van der Waals surface area contributed by atoms with E-state index in [4.69, 9.17) is 16.9 Å². The van der Waals surface area contributed by atoms with Gasteiger partial charge in [-0.3, -0.25) is 0 Å². The number of rotatable bonds is 4. The first kappa shape index (κ1) is 15.0. The molecule has 0 atom stereocenters. The van der Waals surface area contributed by atoms with E-state index in [1.54, 1.807) is 18.2 Å². The maximum atomic E-state index is 12.3. The Hall–Kier alpha value is -1.39. The lowest BCUT2D eigenvalue weighted by molar-refractivity contribution is 0.468. The molecule has 0 saturated carbocycles. The second kappa shape index (κ2) is 5.94. The van der Waals surface area contributed by atoms with Crippen LogP contribution in [-0.2, 0) is 16.6 Å². The lowest BCUT2D eigenvalue weighted by Crippen LogP contribution is -2.25. The molecule has 2 aromatic rings. The molecule has 0 amide bonds. The highest BCUT2D eigenvalue weighted by molar-refractivity contribution is 7.91. The number of halogens is 1. The number of nitrogens with zero attached hydrogens (tertiary/aromatic N) is 2. The summed E-state index contributed by atoms with van der Waals surface area (Å²) in [6, 6.07) is 11.9. The smallest absolute Gasteiger partial charge is 0.206 e. The van der Waals surface area contributed by atoms with Gasteiger partial charge in [0.2, 0.25) is 0 Å². The van der Waals surface area contributed by atoms with Crippen molar-refractivity contribution in [3.05, 3.63) is 51.9 Å². The first-order valence-electron chi connectivity index (χ1n) is 5.64. The Balaban J connectivity index is 2.23. The number of nitriles is 1. The molecule has 0 aliphatic rings. The van der Waals surface area contributed by atoms with Crippen LogP contribution in [0.5, 0.6) is 0 Å². The van der Waals surface area contributed by atoms with Crippen molar-refractivity contribution in [1.29, 1.82) is 5.26 Å². The molecule has 1 heterocycles. The van der Waals surface area contributed by atoms with Gasteiger partial charge in [-0.1, -0.05) is 23.7 Å². The Morgan fingerprint density at radius 2 is 2.10 bits per heavy atom. The maximum absolute atomic E-state index is 12.3. The Kier molecular flexibility index (Phi) is 4.45. The van der Waals surface area contributed by atoms with Gasteiger partial charge in [0.05, 0.1) is 0 Å². The van der Waals surface area contributed by atoms with Crippen molar-refractivity contribution in [1.82, 2.24) is 4.31 Å². The van der Waals surface area contributed by atoms with Gasteiger partial charge in [-0.05, 0) is 29.8 Å². The average Bonchev–Trinajstić information content (AvgIpc) is 2.88. The molecule has 0 unspecified atom stereocenters. The molecular formula is C13H11ClN2O2S2. The van der Waals surface area contributed by atoms with E-state index >= 15 is 0 Å². The zero-order valence-electron chi connectivity index (χ0n) is 10.6. The number of thiophene rings is 1. The van der Waals surface area contributed by atoms with E-state index < -0.39 is 10.0 Å². The third kappa shape index (κ3) is 3.19. The largest absolute Gasteiger partial charge is 0.252 e. The zero-order valence-corrected chi connectivity index (χ0v) is 13.0. The van der Waals surface area contributed by atoms with Crippen LogP contribution in [0.4, 0.5) is 0 Å². The van der Waals surface area contributed by atoms with Crippen molar-refractivity contribution in [2.45, 2.75) is 10.8 Å².